The molecule has 190 valence electrons. The van der Waals surface area contributed by atoms with Gasteiger partial charge in [0.15, 0.2) is 16.7 Å². The van der Waals surface area contributed by atoms with Crippen molar-refractivity contribution in [1.82, 2.24) is 34.8 Å². The second-order valence-corrected chi connectivity index (χ2v) is 9.71. The van der Waals surface area contributed by atoms with Crippen molar-refractivity contribution in [1.29, 1.82) is 0 Å². The summed E-state index contributed by atoms with van der Waals surface area (Å²) in [6.07, 6.45) is 0. The van der Waals surface area contributed by atoms with Crippen LogP contribution in [-0.2, 0) is 42.6 Å². The van der Waals surface area contributed by atoms with Crippen molar-refractivity contribution in [3.63, 3.8) is 0 Å². The molecule has 1 fully saturated rings. The summed E-state index contributed by atoms with van der Waals surface area (Å²) in [5.41, 5.74) is 8.66. The number of carbonyl (C=O) groups is 3. The highest BCUT2D eigenvalue weighted by Crippen LogP contribution is 2.25. The van der Waals surface area contributed by atoms with Gasteiger partial charge in [0, 0.05) is 5.38 Å². The van der Waals surface area contributed by atoms with Gasteiger partial charge in [0.2, 0.25) is 5.60 Å². The van der Waals surface area contributed by atoms with E-state index < -0.39 is 51.5 Å². The van der Waals surface area contributed by atoms with Crippen LogP contribution in [0.5, 0.6) is 0 Å². The first-order valence-electron chi connectivity index (χ1n) is 9.54. The van der Waals surface area contributed by atoms with Gasteiger partial charge in [0.05, 0.1) is 19.1 Å². The SMILES string of the molecule is CC(C)(O/N=C(/C(=O)N[C@@H]1C(=O)N(S(=O)(=O)O)[C@@H]1Cn1nnnc1CN)c1csc(N)n1)C(=O)O. The third-order valence-electron chi connectivity index (χ3n) is 4.71. The lowest BCUT2D eigenvalue weighted by Crippen LogP contribution is -2.73. The number of oxime groups is 1. The minimum atomic E-state index is -4.99. The number of β-lactam (4-membered cyclic amide) rings is 1. The van der Waals surface area contributed by atoms with E-state index in [2.05, 4.69) is 31.0 Å². The van der Waals surface area contributed by atoms with Crippen LogP contribution in [0.1, 0.15) is 25.4 Å². The molecule has 0 aromatic carbocycles. The molecule has 0 aliphatic carbocycles. The number of hydrogen-bond acceptors (Lipinski definition) is 14. The van der Waals surface area contributed by atoms with E-state index in [1.165, 1.54) is 19.2 Å². The van der Waals surface area contributed by atoms with Gasteiger partial charge in [0.1, 0.15) is 11.7 Å². The van der Waals surface area contributed by atoms with Gasteiger partial charge >= 0.3 is 16.3 Å². The molecule has 20 heteroatoms. The maximum atomic E-state index is 13.0. The number of thiazole rings is 1. The number of amides is 2. The molecule has 18 nitrogen and oxygen atoms in total. The molecule has 0 radical (unpaired) electrons. The van der Waals surface area contributed by atoms with Crippen LogP contribution in [0.25, 0.3) is 0 Å². The zero-order chi connectivity index (χ0) is 26.1. The highest BCUT2D eigenvalue weighted by Gasteiger charge is 2.54. The Morgan fingerprint density at radius 1 is 1.40 bits per heavy atom. The Labute approximate surface area is 200 Å². The fourth-order valence-corrected chi connectivity index (χ4v) is 4.26. The summed E-state index contributed by atoms with van der Waals surface area (Å²) in [4.78, 5) is 45.7. The van der Waals surface area contributed by atoms with Gasteiger partial charge in [-0.3, -0.25) is 14.1 Å². The van der Waals surface area contributed by atoms with E-state index in [1.807, 2.05) is 0 Å². The standard InChI is InChI=1S/C15H20N10O8S2/c1-15(2,13(28)29)33-21-9(6-5-34-14(17)18-6)11(26)19-10-7(25(12(10)27)35(30,31)32)4-24-8(3-16)20-22-23-24/h5,7,10H,3-4,16H2,1-2H3,(H2,17,18)(H,19,26)(H,28,29)(H,30,31,32)/b21-9+/t7-,10+/m1/s1. The largest absolute Gasteiger partial charge is 0.478 e. The number of carboxylic acids is 1. The number of aromatic nitrogens is 5. The molecule has 35 heavy (non-hydrogen) atoms. The highest BCUT2D eigenvalue weighted by atomic mass is 32.2. The van der Waals surface area contributed by atoms with Crippen LogP contribution < -0.4 is 16.8 Å². The number of nitrogens with zero attached hydrogens (tertiary/aromatic N) is 7. The van der Waals surface area contributed by atoms with Crippen LogP contribution in [0.2, 0.25) is 0 Å². The van der Waals surface area contributed by atoms with Gasteiger partial charge < -0.3 is 26.7 Å². The summed E-state index contributed by atoms with van der Waals surface area (Å²) in [6, 6.07) is -2.82. The molecule has 3 heterocycles. The van der Waals surface area contributed by atoms with E-state index in [9.17, 15) is 32.5 Å². The highest BCUT2D eigenvalue weighted by molar-refractivity contribution is 7.84. The lowest BCUT2D eigenvalue weighted by Gasteiger charge is -2.43. The number of nitrogens with two attached hydrogens (primary N) is 2. The fraction of sp³-hybridized carbons (Fsp3) is 0.467. The number of rotatable bonds is 10. The monoisotopic (exact) mass is 532 g/mol. The predicted octanol–water partition coefficient (Wildman–Crippen LogP) is -3.05. The predicted molar refractivity (Wildman–Crippen MR) is 116 cm³/mol. The maximum Gasteiger partial charge on any atom is 0.362 e. The lowest BCUT2D eigenvalue weighted by atomic mass is 9.98. The van der Waals surface area contributed by atoms with Crippen molar-refractivity contribution in [3.05, 3.63) is 16.9 Å². The summed E-state index contributed by atoms with van der Waals surface area (Å²) >= 11 is 0.949. The number of nitrogen functional groups attached to an aromatic ring is 1. The number of tetrazole rings is 1. The average molecular weight is 533 g/mol. The Bertz CT molecular complexity index is 1290. The van der Waals surface area contributed by atoms with Gasteiger partial charge in [-0.1, -0.05) is 5.16 Å². The molecule has 0 bridgehead atoms. The third-order valence-corrected chi connectivity index (χ3v) is 6.33. The first kappa shape index (κ1) is 25.9. The van der Waals surface area contributed by atoms with E-state index in [0.29, 0.717) is 0 Å². The molecule has 7 N–H and O–H groups in total. The quantitative estimate of drug-likeness (QED) is 0.0880. The average Bonchev–Trinajstić information content (AvgIpc) is 3.39. The first-order valence-corrected chi connectivity index (χ1v) is 11.8. The Morgan fingerprint density at radius 2 is 2.09 bits per heavy atom. The summed E-state index contributed by atoms with van der Waals surface area (Å²) in [6.45, 7) is 1.89. The van der Waals surface area contributed by atoms with E-state index in [4.69, 9.17) is 16.3 Å². The minimum Gasteiger partial charge on any atom is -0.478 e. The number of aliphatic carboxylic acids is 1. The molecule has 1 saturated heterocycles. The number of nitrogens with one attached hydrogen (secondary N) is 1. The van der Waals surface area contributed by atoms with Gasteiger partial charge in [-0.25, -0.2) is 18.8 Å². The van der Waals surface area contributed by atoms with Gasteiger partial charge in [-0.05, 0) is 24.3 Å². The molecule has 2 atom stereocenters. The van der Waals surface area contributed by atoms with Crippen LogP contribution in [0.4, 0.5) is 5.13 Å². The molecule has 3 rings (SSSR count). The number of carboxylic acid groups (broad SMARTS) is 1. The Kier molecular flexibility index (Phi) is 7.01. The van der Waals surface area contributed by atoms with Crippen LogP contribution in [0, 0.1) is 0 Å². The Hall–Kier alpha value is -3.75. The van der Waals surface area contributed by atoms with Gasteiger partial charge in [-0.2, -0.15) is 8.42 Å². The second kappa shape index (κ2) is 9.48. The van der Waals surface area contributed by atoms with Crippen molar-refractivity contribution in [2.24, 2.45) is 10.9 Å². The van der Waals surface area contributed by atoms with Crippen LogP contribution >= 0.6 is 11.3 Å². The summed E-state index contributed by atoms with van der Waals surface area (Å²) < 4.78 is 34.2. The van der Waals surface area contributed by atoms with Crippen molar-refractivity contribution in [2.45, 2.75) is 44.6 Å². The molecule has 1 aliphatic rings. The first-order chi connectivity index (χ1) is 16.3. The molecule has 0 saturated carbocycles. The van der Waals surface area contributed by atoms with E-state index in [1.54, 1.807) is 0 Å². The molecule has 2 aromatic heterocycles. The normalized spacial score (nSPS) is 18.8. The zero-order valence-electron chi connectivity index (χ0n) is 18.1. The Balaban J connectivity index is 1.90. The number of hydrogen-bond donors (Lipinski definition) is 5. The molecule has 2 amide bonds. The Morgan fingerprint density at radius 3 is 2.63 bits per heavy atom. The van der Waals surface area contributed by atoms with E-state index in [0.717, 1.165) is 16.0 Å². The zero-order valence-corrected chi connectivity index (χ0v) is 19.7. The molecule has 0 unspecified atom stereocenters. The van der Waals surface area contributed by atoms with Crippen molar-refractivity contribution in [2.75, 3.05) is 5.73 Å². The summed E-state index contributed by atoms with van der Waals surface area (Å²) in [5.74, 6) is -3.45. The molecular weight excluding hydrogens is 512 g/mol. The van der Waals surface area contributed by atoms with Crippen molar-refractivity contribution in [3.8, 4) is 0 Å². The van der Waals surface area contributed by atoms with Gasteiger partial charge in [-0.15, -0.1) is 16.4 Å². The molecule has 2 aromatic rings. The number of carbonyl (C=O) groups excluding carboxylic acids is 2. The smallest absolute Gasteiger partial charge is 0.362 e. The third kappa shape index (κ3) is 5.34. The minimum absolute atomic E-state index is 0.0566. The molecule has 0 spiro atoms. The second-order valence-electron chi connectivity index (χ2n) is 7.53. The maximum absolute atomic E-state index is 13.0. The van der Waals surface area contributed by atoms with Crippen molar-refractivity contribution < 1.29 is 37.3 Å². The van der Waals surface area contributed by atoms with E-state index >= 15 is 0 Å². The number of anilines is 1. The lowest BCUT2D eigenvalue weighted by molar-refractivity contribution is -0.161. The fourth-order valence-electron chi connectivity index (χ4n) is 2.84. The van der Waals surface area contributed by atoms with Crippen molar-refractivity contribution >= 4 is 50.3 Å². The summed E-state index contributed by atoms with van der Waals surface area (Å²) in [7, 11) is -4.99. The molecular formula is C15H20N10O8S2. The van der Waals surface area contributed by atoms with E-state index in [-0.39, 0.29) is 34.0 Å². The van der Waals surface area contributed by atoms with Gasteiger partial charge in [0.25, 0.3) is 11.8 Å². The summed E-state index contributed by atoms with van der Waals surface area (Å²) in [5, 5.41) is 27.2. The van der Waals surface area contributed by atoms with Crippen LogP contribution in [0.15, 0.2) is 10.5 Å². The van der Waals surface area contributed by atoms with Crippen LogP contribution in [0.3, 0.4) is 0 Å². The van der Waals surface area contributed by atoms with Crippen LogP contribution in [-0.4, -0.2) is 88.8 Å². The topological polar surface area (TPSA) is 271 Å². The molecule has 1 aliphatic heterocycles.